The molecule has 0 atom stereocenters. The van der Waals surface area contributed by atoms with Gasteiger partial charge in [0.2, 0.25) is 0 Å². The van der Waals surface area contributed by atoms with Gasteiger partial charge in [0.05, 0.1) is 0 Å². The highest BCUT2D eigenvalue weighted by Crippen LogP contribution is 2.40. The van der Waals surface area contributed by atoms with Crippen molar-refractivity contribution in [3.63, 3.8) is 0 Å². The molecule has 4 heterocycles. The molecule has 1 spiro atoms. The molecular formula is C17H17N5O3. The zero-order valence-corrected chi connectivity index (χ0v) is 13.7. The van der Waals surface area contributed by atoms with Crippen LogP contribution >= 0.6 is 0 Å². The van der Waals surface area contributed by atoms with Crippen molar-refractivity contribution in [3.8, 4) is 0 Å². The molecule has 8 nitrogen and oxygen atoms in total. The molecule has 0 unspecified atom stereocenters. The number of hydrogen-bond donors (Lipinski definition) is 1. The molecule has 8 heteroatoms. The van der Waals surface area contributed by atoms with Crippen LogP contribution in [0, 0.1) is 12.3 Å². The molecule has 25 heavy (non-hydrogen) atoms. The minimum Gasteiger partial charge on any atom is -0.336 e. The normalized spacial score (nSPS) is 17.8. The van der Waals surface area contributed by atoms with Crippen molar-refractivity contribution in [1.82, 2.24) is 24.8 Å². The number of rotatable bonds is 2. The number of carbonyl (C=O) groups is 2. The maximum absolute atomic E-state index is 12.4. The van der Waals surface area contributed by atoms with E-state index in [4.69, 9.17) is 0 Å². The van der Waals surface area contributed by atoms with Gasteiger partial charge in [-0.05, 0) is 19.1 Å². The Bertz CT molecular complexity index is 894. The highest BCUT2D eigenvalue weighted by molar-refractivity contribution is 5.94. The molecule has 2 aromatic rings. The van der Waals surface area contributed by atoms with Crippen molar-refractivity contribution in [2.75, 3.05) is 26.2 Å². The van der Waals surface area contributed by atoms with Gasteiger partial charge in [-0.1, -0.05) is 6.07 Å². The number of carbonyl (C=O) groups excluding carboxylic acids is 2. The van der Waals surface area contributed by atoms with E-state index in [1.807, 2.05) is 0 Å². The maximum Gasteiger partial charge on any atom is 0.272 e. The van der Waals surface area contributed by atoms with E-state index in [-0.39, 0.29) is 28.5 Å². The summed E-state index contributed by atoms with van der Waals surface area (Å²) < 4.78 is 0. The zero-order valence-electron chi connectivity index (χ0n) is 13.7. The summed E-state index contributed by atoms with van der Waals surface area (Å²) in [6.07, 6.45) is 1.60. The number of hydrogen-bond acceptors (Lipinski definition) is 5. The second-order valence-corrected chi connectivity index (χ2v) is 6.75. The van der Waals surface area contributed by atoms with Crippen LogP contribution in [0.15, 0.2) is 35.3 Å². The average Bonchev–Trinajstić information content (AvgIpc) is 2.51. The molecule has 0 aromatic carbocycles. The monoisotopic (exact) mass is 339 g/mol. The Morgan fingerprint density at radius 1 is 1.08 bits per heavy atom. The lowest BCUT2D eigenvalue weighted by Crippen LogP contribution is -2.73. The number of aromatic amines is 1. The fourth-order valence-electron chi connectivity index (χ4n) is 3.52. The van der Waals surface area contributed by atoms with Crippen molar-refractivity contribution in [1.29, 1.82) is 0 Å². The van der Waals surface area contributed by atoms with Gasteiger partial charge in [0.25, 0.3) is 17.4 Å². The Labute approximate surface area is 143 Å². The molecule has 2 fully saturated rings. The van der Waals surface area contributed by atoms with Gasteiger partial charge in [0.15, 0.2) is 0 Å². The Kier molecular flexibility index (Phi) is 3.41. The first-order valence-electron chi connectivity index (χ1n) is 8.03. The van der Waals surface area contributed by atoms with Gasteiger partial charge >= 0.3 is 0 Å². The minimum absolute atomic E-state index is 0.0314. The molecule has 0 aliphatic carbocycles. The number of pyridine rings is 1. The standard InChI is InChI=1S/C17H17N5O3/c1-11-19-13(6-14(23)20-11)16(25)22-9-17(10-22)7-21(8-17)15(24)12-4-2-3-5-18-12/h2-6H,7-10H2,1H3,(H,19,20,23). The molecule has 2 aromatic heterocycles. The van der Waals surface area contributed by atoms with Crippen LogP contribution in [0.1, 0.15) is 26.8 Å². The quantitative estimate of drug-likeness (QED) is 0.835. The molecule has 0 bridgehead atoms. The van der Waals surface area contributed by atoms with E-state index in [1.165, 1.54) is 6.07 Å². The van der Waals surface area contributed by atoms with E-state index in [9.17, 15) is 14.4 Å². The highest BCUT2D eigenvalue weighted by atomic mass is 16.2. The van der Waals surface area contributed by atoms with Gasteiger partial charge in [-0.25, -0.2) is 4.98 Å². The highest BCUT2D eigenvalue weighted by Gasteiger charge is 2.54. The summed E-state index contributed by atoms with van der Waals surface area (Å²) in [5.41, 5.74) is 0.239. The van der Waals surface area contributed by atoms with E-state index in [0.717, 1.165) is 0 Å². The first kappa shape index (κ1) is 15.5. The van der Waals surface area contributed by atoms with E-state index >= 15 is 0 Å². The number of aromatic nitrogens is 3. The Hall–Kier alpha value is -3.03. The number of nitrogens with one attached hydrogen (secondary N) is 1. The first-order valence-corrected chi connectivity index (χ1v) is 8.03. The van der Waals surface area contributed by atoms with Crippen LogP contribution in [0.3, 0.4) is 0 Å². The summed E-state index contributed by atoms with van der Waals surface area (Å²) in [5.74, 6) is 0.0964. The number of amides is 2. The Balaban J connectivity index is 1.36. The van der Waals surface area contributed by atoms with E-state index in [2.05, 4.69) is 15.0 Å². The zero-order chi connectivity index (χ0) is 17.6. The molecule has 0 saturated carbocycles. The van der Waals surface area contributed by atoms with Crippen molar-refractivity contribution >= 4 is 11.8 Å². The molecule has 128 valence electrons. The van der Waals surface area contributed by atoms with Crippen LogP contribution in [0.5, 0.6) is 0 Å². The van der Waals surface area contributed by atoms with Crippen LogP contribution < -0.4 is 5.56 Å². The largest absolute Gasteiger partial charge is 0.336 e. The Morgan fingerprint density at radius 3 is 2.28 bits per heavy atom. The van der Waals surface area contributed by atoms with Gasteiger partial charge < -0.3 is 14.8 Å². The summed E-state index contributed by atoms with van der Waals surface area (Å²) in [5, 5.41) is 0. The predicted octanol–water partition coefficient (Wildman–Crippen LogP) is 0.0715. The molecule has 2 amide bonds. The average molecular weight is 339 g/mol. The van der Waals surface area contributed by atoms with E-state index < -0.39 is 0 Å². The third-order valence-corrected chi connectivity index (χ3v) is 4.64. The lowest BCUT2D eigenvalue weighted by Gasteiger charge is -2.59. The topological polar surface area (TPSA) is 99.3 Å². The van der Waals surface area contributed by atoms with Gasteiger partial charge in [0.1, 0.15) is 17.2 Å². The van der Waals surface area contributed by atoms with Crippen molar-refractivity contribution in [2.24, 2.45) is 5.41 Å². The van der Waals surface area contributed by atoms with E-state index in [1.54, 1.807) is 41.1 Å². The number of nitrogens with zero attached hydrogens (tertiary/aromatic N) is 4. The smallest absolute Gasteiger partial charge is 0.272 e. The molecule has 0 radical (unpaired) electrons. The van der Waals surface area contributed by atoms with Crippen LogP contribution in [0.25, 0.3) is 0 Å². The van der Waals surface area contributed by atoms with E-state index in [0.29, 0.717) is 37.7 Å². The fraction of sp³-hybridized carbons (Fsp3) is 0.353. The molecule has 4 rings (SSSR count). The third kappa shape index (κ3) is 2.69. The number of aryl methyl sites for hydroxylation is 1. The minimum atomic E-state index is -0.332. The van der Waals surface area contributed by atoms with Crippen LogP contribution in [0.2, 0.25) is 0 Å². The second-order valence-electron chi connectivity index (χ2n) is 6.75. The van der Waals surface area contributed by atoms with Crippen molar-refractivity contribution in [2.45, 2.75) is 6.92 Å². The van der Waals surface area contributed by atoms with Crippen LogP contribution in [0.4, 0.5) is 0 Å². The SMILES string of the molecule is Cc1nc(C(=O)N2CC3(CN(C(=O)c4ccccn4)C3)C2)cc(=O)[nH]1. The van der Waals surface area contributed by atoms with Gasteiger partial charge in [-0.15, -0.1) is 0 Å². The second kappa shape index (κ2) is 5.51. The van der Waals surface area contributed by atoms with Crippen LogP contribution in [-0.4, -0.2) is 62.7 Å². The van der Waals surface area contributed by atoms with Gasteiger partial charge in [-0.3, -0.25) is 19.4 Å². The third-order valence-electron chi connectivity index (χ3n) is 4.64. The van der Waals surface area contributed by atoms with Crippen molar-refractivity contribution < 1.29 is 9.59 Å². The molecule has 2 aliphatic heterocycles. The molecule has 1 N–H and O–H groups in total. The predicted molar refractivity (Wildman–Crippen MR) is 88.1 cm³/mol. The molecular weight excluding hydrogens is 322 g/mol. The fourth-order valence-corrected chi connectivity index (χ4v) is 3.52. The van der Waals surface area contributed by atoms with Crippen molar-refractivity contribution in [3.05, 3.63) is 58.0 Å². The lowest BCUT2D eigenvalue weighted by atomic mass is 9.72. The molecule has 2 saturated heterocycles. The number of H-pyrrole nitrogens is 1. The summed E-state index contributed by atoms with van der Waals surface area (Å²) in [4.78, 5) is 50.3. The van der Waals surface area contributed by atoms with Gasteiger partial charge in [-0.2, -0.15) is 0 Å². The summed E-state index contributed by atoms with van der Waals surface area (Å²) >= 11 is 0. The summed E-state index contributed by atoms with van der Waals surface area (Å²) in [6.45, 7) is 4.03. The maximum atomic E-state index is 12.4. The number of likely N-dealkylation sites (tertiary alicyclic amines) is 2. The summed E-state index contributed by atoms with van der Waals surface area (Å²) in [7, 11) is 0. The first-order chi connectivity index (χ1) is 12.0. The Morgan fingerprint density at radius 2 is 1.72 bits per heavy atom. The lowest BCUT2D eigenvalue weighted by molar-refractivity contribution is -0.0825. The van der Waals surface area contributed by atoms with Gasteiger partial charge in [0, 0.05) is 43.9 Å². The van der Waals surface area contributed by atoms with Crippen LogP contribution in [-0.2, 0) is 0 Å². The molecule has 2 aliphatic rings. The summed E-state index contributed by atoms with van der Waals surface area (Å²) in [6, 6.07) is 6.48.